The molecule has 0 amide bonds. The molecule has 2 heterocycles. The number of fused-ring (bicyclic) bond motifs is 1. The van der Waals surface area contributed by atoms with Crippen molar-refractivity contribution in [1.29, 1.82) is 0 Å². The standard InChI is InChI=1S/C16H18N2O2/c1-11-4-5-14-13(9-11)15(6-7-17-14)18-8-2-3-12(10-18)16(19)20/h4-7,9,12H,2-3,8,10H2,1H3,(H,19,20). The summed E-state index contributed by atoms with van der Waals surface area (Å²) in [6.07, 6.45) is 3.50. The quantitative estimate of drug-likeness (QED) is 0.911. The van der Waals surface area contributed by atoms with Crippen molar-refractivity contribution in [2.75, 3.05) is 18.0 Å². The van der Waals surface area contributed by atoms with Gasteiger partial charge in [-0.3, -0.25) is 9.78 Å². The number of aliphatic carboxylic acids is 1. The van der Waals surface area contributed by atoms with Crippen LogP contribution < -0.4 is 4.90 Å². The van der Waals surface area contributed by atoms with Gasteiger partial charge in [0.1, 0.15) is 0 Å². The first kappa shape index (κ1) is 12.9. The van der Waals surface area contributed by atoms with Crippen LogP contribution in [0.3, 0.4) is 0 Å². The van der Waals surface area contributed by atoms with Gasteiger partial charge in [-0.2, -0.15) is 0 Å². The van der Waals surface area contributed by atoms with Crippen molar-refractivity contribution in [3.63, 3.8) is 0 Å². The normalized spacial score (nSPS) is 19.2. The summed E-state index contributed by atoms with van der Waals surface area (Å²) in [5.41, 5.74) is 3.26. The molecule has 1 fully saturated rings. The molecule has 4 heteroatoms. The highest BCUT2D eigenvalue weighted by molar-refractivity contribution is 5.92. The number of carbonyl (C=O) groups is 1. The van der Waals surface area contributed by atoms with Crippen LogP contribution in [0.5, 0.6) is 0 Å². The summed E-state index contributed by atoms with van der Waals surface area (Å²) in [6, 6.07) is 8.19. The molecule has 1 N–H and O–H groups in total. The molecule has 1 saturated heterocycles. The van der Waals surface area contributed by atoms with Gasteiger partial charge in [-0.25, -0.2) is 0 Å². The Bertz CT molecular complexity index is 654. The zero-order chi connectivity index (χ0) is 14.1. The lowest BCUT2D eigenvalue weighted by molar-refractivity contribution is -0.141. The summed E-state index contributed by atoms with van der Waals surface area (Å²) in [4.78, 5) is 17.8. The maximum Gasteiger partial charge on any atom is 0.308 e. The third kappa shape index (κ3) is 2.33. The van der Waals surface area contributed by atoms with Crippen molar-refractivity contribution in [2.45, 2.75) is 19.8 Å². The molecule has 1 unspecified atom stereocenters. The molecule has 1 aromatic carbocycles. The molecule has 0 spiro atoms. The molecule has 1 atom stereocenters. The topological polar surface area (TPSA) is 53.4 Å². The molecular weight excluding hydrogens is 252 g/mol. The lowest BCUT2D eigenvalue weighted by Crippen LogP contribution is -2.38. The van der Waals surface area contributed by atoms with Crippen LogP contribution in [-0.2, 0) is 4.79 Å². The van der Waals surface area contributed by atoms with Crippen LogP contribution in [0.1, 0.15) is 18.4 Å². The maximum atomic E-state index is 11.2. The Morgan fingerprint density at radius 1 is 1.40 bits per heavy atom. The Morgan fingerprint density at radius 3 is 3.05 bits per heavy atom. The number of anilines is 1. The van der Waals surface area contributed by atoms with E-state index >= 15 is 0 Å². The van der Waals surface area contributed by atoms with Gasteiger partial charge in [0.25, 0.3) is 0 Å². The zero-order valence-electron chi connectivity index (χ0n) is 11.5. The van der Waals surface area contributed by atoms with Gasteiger partial charge in [-0.1, -0.05) is 11.6 Å². The fraction of sp³-hybridized carbons (Fsp3) is 0.375. The minimum absolute atomic E-state index is 0.267. The second kappa shape index (κ2) is 5.12. The molecule has 0 bridgehead atoms. The zero-order valence-corrected chi connectivity index (χ0v) is 11.5. The molecule has 1 aliphatic rings. The van der Waals surface area contributed by atoms with E-state index in [-0.39, 0.29) is 5.92 Å². The van der Waals surface area contributed by atoms with Crippen LogP contribution in [-0.4, -0.2) is 29.1 Å². The van der Waals surface area contributed by atoms with Crippen LogP contribution in [0.2, 0.25) is 0 Å². The number of hydrogen-bond donors (Lipinski definition) is 1. The Balaban J connectivity index is 2.01. The van der Waals surface area contributed by atoms with E-state index in [1.54, 1.807) is 6.20 Å². The van der Waals surface area contributed by atoms with E-state index in [1.807, 2.05) is 12.1 Å². The van der Waals surface area contributed by atoms with Crippen LogP contribution in [0.4, 0.5) is 5.69 Å². The number of hydrogen-bond acceptors (Lipinski definition) is 3. The molecule has 3 rings (SSSR count). The molecule has 1 aliphatic heterocycles. The van der Waals surface area contributed by atoms with Gasteiger partial charge in [-0.05, 0) is 38.0 Å². The predicted octanol–water partition coefficient (Wildman–Crippen LogP) is 2.84. The number of carboxylic acid groups (broad SMARTS) is 1. The van der Waals surface area contributed by atoms with E-state index in [0.29, 0.717) is 6.54 Å². The minimum Gasteiger partial charge on any atom is -0.481 e. The van der Waals surface area contributed by atoms with Crippen molar-refractivity contribution < 1.29 is 9.90 Å². The van der Waals surface area contributed by atoms with Gasteiger partial charge in [0.2, 0.25) is 0 Å². The highest BCUT2D eigenvalue weighted by Crippen LogP contribution is 2.30. The van der Waals surface area contributed by atoms with Crippen molar-refractivity contribution in [3.8, 4) is 0 Å². The summed E-state index contributed by atoms with van der Waals surface area (Å²) in [7, 11) is 0. The minimum atomic E-state index is -0.691. The number of piperidine rings is 1. The van der Waals surface area contributed by atoms with Crippen LogP contribution in [0, 0.1) is 12.8 Å². The SMILES string of the molecule is Cc1ccc2nccc(N3CCCC(C(=O)O)C3)c2c1. The second-order valence-electron chi connectivity index (χ2n) is 5.47. The summed E-state index contributed by atoms with van der Waals surface area (Å²) in [5.74, 6) is -0.957. The molecule has 0 aliphatic carbocycles. The fourth-order valence-corrected chi connectivity index (χ4v) is 2.92. The molecule has 20 heavy (non-hydrogen) atoms. The van der Waals surface area contributed by atoms with Gasteiger partial charge in [0, 0.05) is 30.4 Å². The lowest BCUT2D eigenvalue weighted by Gasteiger charge is -2.33. The molecule has 104 valence electrons. The van der Waals surface area contributed by atoms with E-state index in [2.05, 4.69) is 28.9 Å². The van der Waals surface area contributed by atoms with E-state index in [0.717, 1.165) is 36.0 Å². The summed E-state index contributed by atoms with van der Waals surface area (Å²) in [5, 5.41) is 10.3. The first-order valence-electron chi connectivity index (χ1n) is 6.98. The monoisotopic (exact) mass is 270 g/mol. The summed E-state index contributed by atoms with van der Waals surface area (Å²) < 4.78 is 0. The van der Waals surface area contributed by atoms with Crippen molar-refractivity contribution in [1.82, 2.24) is 4.98 Å². The maximum absolute atomic E-state index is 11.2. The van der Waals surface area contributed by atoms with Gasteiger partial charge in [-0.15, -0.1) is 0 Å². The van der Waals surface area contributed by atoms with Crippen molar-refractivity contribution in [3.05, 3.63) is 36.0 Å². The van der Waals surface area contributed by atoms with E-state index in [1.165, 1.54) is 5.56 Å². The van der Waals surface area contributed by atoms with Gasteiger partial charge in [0.05, 0.1) is 11.4 Å². The third-order valence-electron chi connectivity index (χ3n) is 3.99. The molecule has 0 radical (unpaired) electrons. The first-order chi connectivity index (χ1) is 9.65. The number of rotatable bonds is 2. The fourth-order valence-electron chi connectivity index (χ4n) is 2.92. The largest absolute Gasteiger partial charge is 0.481 e. The average Bonchev–Trinajstić information content (AvgIpc) is 2.46. The number of aromatic nitrogens is 1. The van der Waals surface area contributed by atoms with E-state index in [4.69, 9.17) is 0 Å². The Kier molecular flexibility index (Phi) is 3.30. The Labute approximate surface area is 118 Å². The highest BCUT2D eigenvalue weighted by atomic mass is 16.4. The predicted molar refractivity (Wildman–Crippen MR) is 79.1 cm³/mol. The number of benzene rings is 1. The van der Waals surface area contributed by atoms with Gasteiger partial charge >= 0.3 is 5.97 Å². The van der Waals surface area contributed by atoms with Gasteiger partial charge in [0.15, 0.2) is 0 Å². The molecule has 2 aromatic rings. The average molecular weight is 270 g/mol. The molecule has 4 nitrogen and oxygen atoms in total. The summed E-state index contributed by atoms with van der Waals surface area (Å²) >= 11 is 0. The second-order valence-corrected chi connectivity index (χ2v) is 5.47. The number of aryl methyl sites for hydroxylation is 1. The van der Waals surface area contributed by atoms with Crippen LogP contribution >= 0.6 is 0 Å². The molecular formula is C16H18N2O2. The molecule has 0 saturated carbocycles. The number of carboxylic acids is 1. The van der Waals surface area contributed by atoms with Crippen molar-refractivity contribution in [2.24, 2.45) is 5.92 Å². The lowest BCUT2D eigenvalue weighted by atomic mass is 9.97. The Hall–Kier alpha value is -2.10. The smallest absolute Gasteiger partial charge is 0.308 e. The number of pyridine rings is 1. The third-order valence-corrected chi connectivity index (χ3v) is 3.99. The Morgan fingerprint density at radius 2 is 2.25 bits per heavy atom. The van der Waals surface area contributed by atoms with E-state index < -0.39 is 5.97 Å². The number of nitrogens with zero attached hydrogens (tertiary/aromatic N) is 2. The van der Waals surface area contributed by atoms with Crippen LogP contribution in [0.25, 0.3) is 10.9 Å². The summed E-state index contributed by atoms with van der Waals surface area (Å²) in [6.45, 7) is 3.56. The van der Waals surface area contributed by atoms with Crippen molar-refractivity contribution >= 4 is 22.6 Å². The highest BCUT2D eigenvalue weighted by Gasteiger charge is 2.26. The van der Waals surface area contributed by atoms with Crippen LogP contribution in [0.15, 0.2) is 30.5 Å². The van der Waals surface area contributed by atoms with E-state index in [9.17, 15) is 9.90 Å². The first-order valence-corrected chi connectivity index (χ1v) is 6.98. The molecule has 1 aromatic heterocycles. The van der Waals surface area contributed by atoms with Gasteiger partial charge < -0.3 is 10.0 Å².